The number of carbonyl (C=O) groups is 2. The van der Waals surface area contributed by atoms with Crippen LogP contribution in [0.3, 0.4) is 0 Å². The number of benzene rings is 3. The summed E-state index contributed by atoms with van der Waals surface area (Å²) in [5, 5.41) is 17.6. The number of aldehydes is 2. The smallest absolute Gasteiger partial charge is 0.423 e. The van der Waals surface area contributed by atoms with Crippen LogP contribution in [-0.4, -0.2) is 29.7 Å². The third kappa shape index (κ3) is 6.61. The molecule has 28 heavy (non-hydrogen) atoms. The molecule has 5 heteroatoms. The van der Waals surface area contributed by atoms with Crippen LogP contribution in [0.25, 0.3) is 0 Å². The van der Waals surface area contributed by atoms with Crippen molar-refractivity contribution in [2.75, 3.05) is 0 Å². The van der Waals surface area contributed by atoms with Crippen LogP contribution in [0.5, 0.6) is 0 Å². The molecule has 0 radical (unpaired) electrons. The molecule has 0 aliphatic carbocycles. The Morgan fingerprint density at radius 2 is 1.32 bits per heavy atom. The predicted molar refractivity (Wildman–Crippen MR) is 112 cm³/mol. The van der Waals surface area contributed by atoms with Gasteiger partial charge < -0.3 is 10.0 Å². The molecule has 0 saturated heterocycles. The second-order valence-corrected chi connectivity index (χ2v) is 6.70. The van der Waals surface area contributed by atoms with E-state index in [4.69, 9.17) is 10.0 Å². The first-order chi connectivity index (χ1) is 13.4. The summed E-state index contributed by atoms with van der Waals surface area (Å²) in [5.41, 5.74) is 5.98. The fraction of sp³-hybridized carbons (Fsp3) is 0.130. The highest BCUT2D eigenvalue weighted by atomic mass is 16.4. The molecule has 0 aliphatic rings. The van der Waals surface area contributed by atoms with E-state index in [2.05, 4.69) is 18.2 Å². The Morgan fingerprint density at radius 3 is 1.89 bits per heavy atom. The van der Waals surface area contributed by atoms with E-state index < -0.39 is 7.12 Å². The zero-order valence-corrected chi connectivity index (χ0v) is 16.0. The van der Waals surface area contributed by atoms with Gasteiger partial charge in [-0.3, -0.25) is 9.59 Å². The summed E-state index contributed by atoms with van der Waals surface area (Å²) in [7, 11) is -1.51. The number of rotatable bonds is 5. The number of carbonyl (C=O) groups excluding carboxylic acids is 2. The van der Waals surface area contributed by atoms with Crippen LogP contribution in [0.4, 0.5) is 0 Å². The lowest BCUT2D eigenvalue weighted by molar-refractivity contribution is 0.111. The minimum Gasteiger partial charge on any atom is -0.423 e. The summed E-state index contributed by atoms with van der Waals surface area (Å²) >= 11 is 0. The van der Waals surface area contributed by atoms with Crippen molar-refractivity contribution in [3.05, 3.63) is 100 Å². The van der Waals surface area contributed by atoms with Gasteiger partial charge in [-0.25, -0.2) is 0 Å². The molecule has 0 amide bonds. The molecule has 0 atom stereocenters. The van der Waals surface area contributed by atoms with Crippen molar-refractivity contribution in [1.29, 1.82) is 0 Å². The highest BCUT2D eigenvalue weighted by Gasteiger charge is 2.11. The molecule has 142 valence electrons. The first-order valence-electron chi connectivity index (χ1n) is 8.94. The van der Waals surface area contributed by atoms with Crippen LogP contribution in [0.1, 0.15) is 43.0 Å². The molecule has 0 bridgehead atoms. The maximum atomic E-state index is 10.8. The molecule has 0 spiro atoms. The minimum atomic E-state index is -1.51. The Balaban J connectivity index is 0.000000209. The van der Waals surface area contributed by atoms with Crippen molar-refractivity contribution >= 4 is 25.2 Å². The van der Waals surface area contributed by atoms with Gasteiger partial charge in [0.15, 0.2) is 0 Å². The lowest BCUT2D eigenvalue weighted by atomic mass is 9.79. The fourth-order valence-electron chi connectivity index (χ4n) is 2.96. The minimum absolute atomic E-state index is 0.345. The summed E-state index contributed by atoms with van der Waals surface area (Å²) in [6, 6.07) is 21.0. The molecule has 0 aromatic heterocycles. The summed E-state index contributed by atoms with van der Waals surface area (Å²) in [5.74, 6) is 0. The van der Waals surface area contributed by atoms with Gasteiger partial charge in [0.2, 0.25) is 0 Å². The third-order valence-corrected chi connectivity index (χ3v) is 4.10. The van der Waals surface area contributed by atoms with Crippen molar-refractivity contribution < 1.29 is 19.6 Å². The van der Waals surface area contributed by atoms with E-state index in [-0.39, 0.29) is 0 Å². The second kappa shape index (κ2) is 10.4. The maximum Gasteiger partial charge on any atom is 0.488 e. The van der Waals surface area contributed by atoms with E-state index in [9.17, 15) is 9.59 Å². The molecular formula is C23H23BO4. The quantitative estimate of drug-likeness (QED) is 0.532. The largest absolute Gasteiger partial charge is 0.488 e. The van der Waals surface area contributed by atoms with Gasteiger partial charge in [-0.2, -0.15) is 0 Å². The van der Waals surface area contributed by atoms with Crippen LogP contribution in [0.2, 0.25) is 0 Å². The monoisotopic (exact) mass is 374 g/mol. The fourth-order valence-corrected chi connectivity index (χ4v) is 2.96. The second-order valence-electron chi connectivity index (χ2n) is 6.70. The van der Waals surface area contributed by atoms with Gasteiger partial charge in [0.25, 0.3) is 0 Å². The van der Waals surface area contributed by atoms with E-state index >= 15 is 0 Å². The van der Waals surface area contributed by atoms with Gasteiger partial charge in [-0.05, 0) is 55.1 Å². The van der Waals surface area contributed by atoms with E-state index in [1.54, 1.807) is 19.1 Å². The molecule has 0 heterocycles. The topological polar surface area (TPSA) is 74.6 Å². The lowest BCUT2D eigenvalue weighted by Crippen LogP contribution is -2.30. The zero-order chi connectivity index (χ0) is 20.5. The maximum absolute atomic E-state index is 10.8. The molecule has 3 aromatic rings. The van der Waals surface area contributed by atoms with Gasteiger partial charge in [-0.15, -0.1) is 0 Å². The molecule has 2 N–H and O–H groups in total. The summed E-state index contributed by atoms with van der Waals surface area (Å²) in [6.07, 6.45) is 2.46. The Hall–Kier alpha value is -3.02. The van der Waals surface area contributed by atoms with Gasteiger partial charge in [0.1, 0.15) is 12.6 Å². The van der Waals surface area contributed by atoms with Crippen LogP contribution >= 0.6 is 0 Å². The summed E-state index contributed by atoms with van der Waals surface area (Å²) < 4.78 is 0. The normalized spacial score (nSPS) is 9.86. The van der Waals surface area contributed by atoms with Gasteiger partial charge >= 0.3 is 7.12 Å². The molecule has 3 rings (SSSR count). The van der Waals surface area contributed by atoms with E-state index in [1.165, 1.54) is 17.2 Å². The van der Waals surface area contributed by atoms with Crippen LogP contribution in [-0.2, 0) is 6.42 Å². The molecule has 0 saturated carbocycles. The lowest BCUT2D eigenvalue weighted by Gasteiger charge is -2.04. The number of hydrogen-bond acceptors (Lipinski definition) is 4. The van der Waals surface area contributed by atoms with Crippen LogP contribution < -0.4 is 5.46 Å². The van der Waals surface area contributed by atoms with Crippen molar-refractivity contribution in [3.63, 3.8) is 0 Å². The van der Waals surface area contributed by atoms with Gasteiger partial charge in [-0.1, -0.05) is 59.7 Å². The number of aryl methyl sites for hydroxylation is 2. The SMILES string of the molecule is Cc1cc(C=O)cc(B(O)O)c1.Cc1cc(C=O)cc(Cc2ccccc2)c1. The summed E-state index contributed by atoms with van der Waals surface area (Å²) in [6.45, 7) is 3.81. The van der Waals surface area contributed by atoms with Crippen molar-refractivity contribution in [2.45, 2.75) is 20.3 Å². The molecule has 0 aliphatic heterocycles. The van der Waals surface area contributed by atoms with Crippen molar-refractivity contribution in [1.82, 2.24) is 0 Å². The van der Waals surface area contributed by atoms with E-state index in [1.807, 2.05) is 37.3 Å². The van der Waals surface area contributed by atoms with E-state index in [0.29, 0.717) is 17.3 Å². The molecule has 0 fully saturated rings. The third-order valence-electron chi connectivity index (χ3n) is 4.10. The average Bonchev–Trinajstić information content (AvgIpc) is 2.68. The molecular weight excluding hydrogens is 351 g/mol. The highest BCUT2D eigenvalue weighted by Crippen LogP contribution is 2.13. The Morgan fingerprint density at radius 1 is 0.750 bits per heavy atom. The first-order valence-corrected chi connectivity index (χ1v) is 8.94. The number of hydrogen-bond donors (Lipinski definition) is 2. The van der Waals surface area contributed by atoms with Gasteiger partial charge in [0.05, 0.1) is 0 Å². The molecule has 0 unspecified atom stereocenters. The Kier molecular flexibility index (Phi) is 7.87. The molecule has 4 nitrogen and oxygen atoms in total. The predicted octanol–water partition coefficient (Wildman–Crippen LogP) is 2.89. The first kappa shape index (κ1) is 21.3. The van der Waals surface area contributed by atoms with Gasteiger partial charge in [0, 0.05) is 11.1 Å². The average molecular weight is 374 g/mol. The standard InChI is InChI=1S/C15H14O.C8H9BO3/c1-12-7-14(10-15(8-12)11-16)9-13-5-3-2-4-6-13;1-6-2-7(5-10)4-8(3-6)9(11)12/h2-8,10-11H,9H2,1H3;2-5,11-12H,1H3. The summed E-state index contributed by atoms with van der Waals surface area (Å²) in [4.78, 5) is 21.1. The highest BCUT2D eigenvalue weighted by molar-refractivity contribution is 6.58. The molecule has 3 aromatic carbocycles. The van der Waals surface area contributed by atoms with E-state index in [0.717, 1.165) is 29.4 Å². The zero-order valence-electron chi connectivity index (χ0n) is 16.0. The van der Waals surface area contributed by atoms with Crippen molar-refractivity contribution in [3.8, 4) is 0 Å². The Bertz CT molecular complexity index is 937. The Labute approximate surface area is 165 Å². The van der Waals surface area contributed by atoms with Crippen LogP contribution in [0.15, 0.2) is 66.7 Å². The van der Waals surface area contributed by atoms with Crippen LogP contribution in [0, 0.1) is 13.8 Å². The van der Waals surface area contributed by atoms with Crippen molar-refractivity contribution in [2.24, 2.45) is 0 Å².